The van der Waals surface area contributed by atoms with Crippen molar-refractivity contribution in [2.24, 2.45) is 5.73 Å². The molecule has 2 rings (SSSR count). The molecule has 8 heteroatoms. The molecule has 1 aromatic heterocycles. The molecule has 0 aliphatic heterocycles. The number of halogens is 3. The van der Waals surface area contributed by atoms with Gasteiger partial charge in [-0.2, -0.15) is 0 Å². The van der Waals surface area contributed by atoms with Crippen LogP contribution in [0.2, 0.25) is 0 Å². The molecule has 5 nitrogen and oxygen atoms in total. The van der Waals surface area contributed by atoms with Crippen molar-refractivity contribution in [3.05, 3.63) is 36.2 Å². The van der Waals surface area contributed by atoms with Crippen LogP contribution in [0, 0.1) is 0 Å². The average molecular weight is 303 g/mol. The van der Waals surface area contributed by atoms with E-state index in [9.17, 15) is 13.6 Å². The molecule has 1 heterocycles. The van der Waals surface area contributed by atoms with Crippen LogP contribution in [0.1, 0.15) is 10.4 Å². The maximum atomic E-state index is 12.9. The van der Waals surface area contributed by atoms with E-state index in [0.717, 1.165) is 0 Å². The van der Waals surface area contributed by atoms with Crippen LogP contribution in [0.5, 0.6) is 0 Å². The average Bonchev–Trinajstić information content (AvgIpc) is 2.44. The molecule has 0 bridgehead atoms. The van der Waals surface area contributed by atoms with Gasteiger partial charge in [0, 0.05) is 18.0 Å². The Labute approximate surface area is 120 Å². The number of hydrogen-bond donors (Lipinski definition) is 2. The van der Waals surface area contributed by atoms with Crippen LogP contribution >= 0.6 is 12.4 Å². The standard InChI is InChI=1S/C12H12F2N4O.ClH/c13-12(14,6-15)7-18-11(19)8-1-2-9-10(5-8)17-4-3-16-9;/h1-5H,6-7,15H2,(H,18,19);1H. The highest BCUT2D eigenvalue weighted by Crippen LogP contribution is 2.12. The van der Waals surface area contributed by atoms with Crippen LogP contribution in [0.3, 0.4) is 0 Å². The van der Waals surface area contributed by atoms with Crippen LogP contribution < -0.4 is 11.1 Å². The van der Waals surface area contributed by atoms with Crippen molar-refractivity contribution in [2.45, 2.75) is 5.92 Å². The molecule has 108 valence electrons. The van der Waals surface area contributed by atoms with Crippen molar-refractivity contribution in [2.75, 3.05) is 13.1 Å². The summed E-state index contributed by atoms with van der Waals surface area (Å²) in [4.78, 5) is 19.8. The van der Waals surface area contributed by atoms with Crippen LogP contribution in [0.25, 0.3) is 11.0 Å². The maximum absolute atomic E-state index is 12.9. The smallest absolute Gasteiger partial charge is 0.277 e. The van der Waals surface area contributed by atoms with Crippen molar-refractivity contribution >= 4 is 29.3 Å². The summed E-state index contributed by atoms with van der Waals surface area (Å²) in [6.07, 6.45) is 3.02. The first kappa shape index (κ1) is 16.2. The summed E-state index contributed by atoms with van der Waals surface area (Å²) < 4.78 is 25.8. The van der Waals surface area contributed by atoms with Crippen molar-refractivity contribution in [3.8, 4) is 0 Å². The number of amides is 1. The molecule has 0 radical (unpaired) electrons. The Morgan fingerprint density at radius 2 is 1.90 bits per heavy atom. The minimum atomic E-state index is -3.10. The lowest BCUT2D eigenvalue weighted by Crippen LogP contribution is -2.41. The van der Waals surface area contributed by atoms with Crippen LogP contribution in [0.4, 0.5) is 8.78 Å². The number of alkyl halides is 2. The summed E-state index contributed by atoms with van der Waals surface area (Å²) in [5, 5.41) is 2.14. The monoisotopic (exact) mass is 302 g/mol. The minimum absolute atomic E-state index is 0. The third-order valence-electron chi connectivity index (χ3n) is 2.54. The van der Waals surface area contributed by atoms with Crippen molar-refractivity contribution in [3.63, 3.8) is 0 Å². The molecule has 0 saturated carbocycles. The summed E-state index contributed by atoms with van der Waals surface area (Å²) in [5.74, 6) is -3.70. The van der Waals surface area contributed by atoms with Gasteiger partial charge in [-0.3, -0.25) is 14.8 Å². The van der Waals surface area contributed by atoms with Gasteiger partial charge in [-0.05, 0) is 18.2 Å². The van der Waals surface area contributed by atoms with E-state index < -0.39 is 24.9 Å². The quantitative estimate of drug-likeness (QED) is 0.894. The molecule has 1 amide bonds. The molecule has 0 aliphatic rings. The van der Waals surface area contributed by atoms with Gasteiger partial charge in [0.1, 0.15) is 0 Å². The second-order valence-electron chi connectivity index (χ2n) is 4.00. The second-order valence-corrected chi connectivity index (χ2v) is 4.00. The fourth-order valence-corrected chi connectivity index (χ4v) is 1.49. The van der Waals surface area contributed by atoms with E-state index >= 15 is 0 Å². The van der Waals surface area contributed by atoms with Gasteiger partial charge >= 0.3 is 0 Å². The number of nitrogens with two attached hydrogens (primary N) is 1. The molecule has 0 unspecified atom stereocenters. The first-order valence-corrected chi connectivity index (χ1v) is 5.59. The van der Waals surface area contributed by atoms with E-state index in [0.29, 0.717) is 11.0 Å². The van der Waals surface area contributed by atoms with E-state index in [2.05, 4.69) is 15.3 Å². The fraction of sp³-hybridized carbons (Fsp3) is 0.250. The Kier molecular flexibility index (Phi) is 5.29. The van der Waals surface area contributed by atoms with Gasteiger partial charge in [0.15, 0.2) is 0 Å². The lowest BCUT2D eigenvalue weighted by atomic mass is 10.2. The molecular weight excluding hydrogens is 290 g/mol. The molecule has 0 spiro atoms. The lowest BCUT2D eigenvalue weighted by Gasteiger charge is -2.14. The minimum Gasteiger partial charge on any atom is -0.346 e. The summed E-state index contributed by atoms with van der Waals surface area (Å²) >= 11 is 0. The largest absolute Gasteiger partial charge is 0.346 e. The van der Waals surface area contributed by atoms with Gasteiger partial charge in [-0.25, -0.2) is 8.78 Å². The van der Waals surface area contributed by atoms with Crippen molar-refractivity contribution < 1.29 is 13.6 Å². The third kappa shape index (κ3) is 3.82. The number of aromatic nitrogens is 2. The number of fused-ring (bicyclic) bond motifs is 1. The first-order chi connectivity index (χ1) is 9.02. The summed E-state index contributed by atoms with van der Waals surface area (Å²) in [6.45, 7) is -1.60. The van der Waals surface area contributed by atoms with E-state index in [4.69, 9.17) is 5.73 Å². The normalized spacial score (nSPS) is 10.9. The first-order valence-electron chi connectivity index (χ1n) is 5.59. The Balaban J connectivity index is 0.00000200. The predicted octanol–water partition coefficient (Wildman–Crippen LogP) is 1.38. The Morgan fingerprint density at radius 1 is 1.25 bits per heavy atom. The number of carbonyl (C=O) groups is 1. The van der Waals surface area contributed by atoms with Gasteiger partial charge in [-0.15, -0.1) is 12.4 Å². The Hall–Kier alpha value is -1.86. The molecular formula is C12H13ClF2N4O. The molecule has 0 saturated heterocycles. The predicted molar refractivity (Wildman–Crippen MR) is 73.1 cm³/mol. The fourth-order valence-electron chi connectivity index (χ4n) is 1.49. The Morgan fingerprint density at radius 3 is 2.55 bits per heavy atom. The highest BCUT2D eigenvalue weighted by molar-refractivity contribution is 5.97. The molecule has 3 N–H and O–H groups in total. The van der Waals surface area contributed by atoms with E-state index in [-0.39, 0.29) is 18.0 Å². The van der Waals surface area contributed by atoms with Crippen molar-refractivity contribution in [1.82, 2.24) is 15.3 Å². The zero-order valence-electron chi connectivity index (χ0n) is 10.3. The maximum Gasteiger partial charge on any atom is 0.277 e. The zero-order valence-corrected chi connectivity index (χ0v) is 11.2. The summed E-state index contributed by atoms with van der Waals surface area (Å²) in [5.41, 5.74) is 6.30. The molecule has 20 heavy (non-hydrogen) atoms. The van der Waals surface area contributed by atoms with Gasteiger partial charge in [-0.1, -0.05) is 0 Å². The number of carbonyl (C=O) groups excluding carboxylic acids is 1. The molecule has 0 fully saturated rings. The Bertz CT molecular complexity index is 609. The highest BCUT2D eigenvalue weighted by atomic mass is 35.5. The zero-order chi connectivity index (χ0) is 13.9. The number of hydrogen-bond acceptors (Lipinski definition) is 4. The van der Waals surface area contributed by atoms with Gasteiger partial charge < -0.3 is 11.1 Å². The van der Waals surface area contributed by atoms with Crippen LogP contribution in [-0.2, 0) is 0 Å². The third-order valence-corrected chi connectivity index (χ3v) is 2.54. The number of nitrogens with one attached hydrogen (secondary N) is 1. The van der Waals surface area contributed by atoms with E-state index in [1.54, 1.807) is 6.07 Å². The van der Waals surface area contributed by atoms with Crippen LogP contribution in [-0.4, -0.2) is 34.9 Å². The van der Waals surface area contributed by atoms with Gasteiger partial charge in [0.2, 0.25) is 0 Å². The highest BCUT2D eigenvalue weighted by Gasteiger charge is 2.27. The van der Waals surface area contributed by atoms with E-state index in [1.807, 2.05) is 0 Å². The van der Waals surface area contributed by atoms with Crippen molar-refractivity contribution in [1.29, 1.82) is 0 Å². The second kappa shape index (κ2) is 6.53. The molecule has 1 aromatic carbocycles. The number of nitrogens with zero attached hydrogens (tertiary/aromatic N) is 2. The summed E-state index contributed by atoms with van der Waals surface area (Å²) in [6, 6.07) is 4.61. The lowest BCUT2D eigenvalue weighted by molar-refractivity contribution is 0.0118. The molecule has 0 atom stereocenters. The number of benzene rings is 1. The molecule has 0 aliphatic carbocycles. The van der Waals surface area contributed by atoms with Gasteiger partial charge in [0.25, 0.3) is 11.8 Å². The SMILES string of the molecule is Cl.NCC(F)(F)CNC(=O)c1ccc2nccnc2c1. The molecule has 2 aromatic rings. The topological polar surface area (TPSA) is 80.9 Å². The number of rotatable bonds is 4. The van der Waals surface area contributed by atoms with Crippen LogP contribution in [0.15, 0.2) is 30.6 Å². The summed E-state index contributed by atoms with van der Waals surface area (Å²) in [7, 11) is 0. The van der Waals surface area contributed by atoms with E-state index in [1.165, 1.54) is 24.5 Å². The van der Waals surface area contributed by atoms with Gasteiger partial charge in [0.05, 0.1) is 24.1 Å².